The third kappa shape index (κ3) is 18.7. The maximum Gasteiger partial charge on any atom is 0.0162 e. The molecule has 0 amide bonds. The van der Waals surface area contributed by atoms with E-state index in [2.05, 4.69) is 19.2 Å². The first-order valence-corrected chi connectivity index (χ1v) is 10.9. The van der Waals surface area contributed by atoms with Gasteiger partial charge in [-0.3, -0.25) is 0 Å². The normalized spacial score (nSPS) is 11.1. The number of hydrogen-bond acceptors (Lipinski definition) is 3. The van der Waals surface area contributed by atoms with E-state index in [0.717, 1.165) is 0 Å². The van der Waals surface area contributed by atoms with Crippen molar-refractivity contribution in [2.75, 3.05) is 24.6 Å². The molecule has 0 aromatic rings. The summed E-state index contributed by atoms with van der Waals surface area (Å²) in [6, 6.07) is 0. The fourth-order valence-electron chi connectivity index (χ4n) is 2.00. The summed E-state index contributed by atoms with van der Waals surface area (Å²) in [5.41, 5.74) is 0. The van der Waals surface area contributed by atoms with Crippen LogP contribution in [-0.2, 0) is 0 Å². The van der Waals surface area contributed by atoms with E-state index in [-0.39, 0.29) is 0 Å². The van der Waals surface area contributed by atoms with Gasteiger partial charge in [0.05, 0.1) is 0 Å². The molecule has 1 nitrogen and oxygen atoms in total. The Labute approximate surface area is 129 Å². The zero-order chi connectivity index (χ0) is 14.0. The minimum atomic E-state index is 1.18. The summed E-state index contributed by atoms with van der Waals surface area (Å²) in [6.07, 6.45) is 14.1. The van der Waals surface area contributed by atoms with Gasteiger partial charge in [0.25, 0.3) is 0 Å². The van der Waals surface area contributed by atoms with Gasteiger partial charge in [-0.1, -0.05) is 86.8 Å². The van der Waals surface area contributed by atoms with Gasteiger partial charge in [0.2, 0.25) is 0 Å². The molecule has 1 N–H and O–H groups in total. The average Bonchev–Trinajstić information content (AvgIpc) is 2.43. The van der Waals surface area contributed by atoms with Gasteiger partial charge >= 0.3 is 0 Å². The number of unbranched alkanes of at least 4 members (excludes halogenated alkanes) is 8. The van der Waals surface area contributed by atoms with Crippen LogP contribution in [0.2, 0.25) is 0 Å². The largest absolute Gasteiger partial charge is 0.316 e. The Hall–Kier alpha value is 0.660. The molecule has 0 rings (SSSR count). The smallest absolute Gasteiger partial charge is 0.0162 e. The molecular formula is C16H35NS2. The Morgan fingerprint density at radius 1 is 0.579 bits per heavy atom. The van der Waals surface area contributed by atoms with Gasteiger partial charge in [-0.25, -0.2) is 0 Å². The second kappa shape index (κ2) is 18.7. The van der Waals surface area contributed by atoms with Crippen molar-refractivity contribution in [3.63, 3.8) is 0 Å². The maximum atomic E-state index is 3.55. The van der Waals surface area contributed by atoms with Crippen LogP contribution in [0.15, 0.2) is 0 Å². The zero-order valence-corrected chi connectivity index (χ0v) is 14.8. The van der Waals surface area contributed by atoms with E-state index in [0.29, 0.717) is 0 Å². The van der Waals surface area contributed by atoms with Crippen molar-refractivity contribution in [2.24, 2.45) is 0 Å². The topological polar surface area (TPSA) is 12.0 Å². The summed E-state index contributed by atoms with van der Waals surface area (Å²) in [6.45, 7) is 6.93. The third-order valence-electron chi connectivity index (χ3n) is 3.19. The molecule has 0 aliphatic heterocycles. The van der Waals surface area contributed by atoms with Crippen LogP contribution in [0.4, 0.5) is 0 Å². The fraction of sp³-hybridized carbons (Fsp3) is 1.00. The highest BCUT2D eigenvalue weighted by molar-refractivity contribution is 8.76. The highest BCUT2D eigenvalue weighted by Crippen LogP contribution is 2.20. The lowest BCUT2D eigenvalue weighted by Gasteiger charge is -2.04. The van der Waals surface area contributed by atoms with Crippen LogP contribution in [0, 0.1) is 0 Å². The molecule has 0 aromatic carbocycles. The van der Waals surface area contributed by atoms with Crippen LogP contribution < -0.4 is 5.32 Å². The Kier molecular flexibility index (Phi) is 19.3. The van der Waals surface area contributed by atoms with Gasteiger partial charge in [0.15, 0.2) is 0 Å². The quantitative estimate of drug-likeness (QED) is 0.282. The molecular weight excluding hydrogens is 270 g/mol. The lowest BCUT2D eigenvalue weighted by atomic mass is 10.1. The predicted molar refractivity (Wildman–Crippen MR) is 95.3 cm³/mol. The number of rotatable bonds is 16. The first kappa shape index (κ1) is 19.7. The molecule has 0 bridgehead atoms. The lowest BCUT2D eigenvalue weighted by molar-refractivity contribution is 0.553. The van der Waals surface area contributed by atoms with Crippen LogP contribution in [0.1, 0.15) is 78.1 Å². The molecule has 0 heterocycles. The molecule has 0 spiro atoms. The molecule has 0 atom stereocenters. The Bertz CT molecular complexity index is 138. The van der Waals surface area contributed by atoms with E-state index in [1.807, 2.05) is 21.6 Å². The summed E-state index contributed by atoms with van der Waals surface area (Å²) < 4.78 is 0. The summed E-state index contributed by atoms with van der Waals surface area (Å²) >= 11 is 0. The van der Waals surface area contributed by atoms with Gasteiger partial charge in [0.1, 0.15) is 0 Å². The summed E-state index contributed by atoms with van der Waals surface area (Å²) in [7, 11) is 4.03. The lowest BCUT2D eigenvalue weighted by Crippen LogP contribution is -2.18. The molecule has 3 heteroatoms. The van der Waals surface area contributed by atoms with Crippen LogP contribution in [0.3, 0.4) is 0 Å². The van der Waals surface area contributed by atoms with E-state index in [4.69, 9.17) is 0 Å². The molecule has 0 radical (unpaired) electrons. The van der Waals surface area contributed by atoms with E-state index in [1.54, 1.807) is 0 Å². The molecule has 19 heavy (non-hydrogen) atoms. The maximum absolute atomic E-state index is 3.55. The van der Waals surface area contributed by atoms with Gasteiger partial charge in [-0.15, -0.1) is 0 Å². The van der Waals surface area contributed by atoms with Gasteiger partial charge in [0, 0.05) is 18.1 Å². The van der Waals surface area contributed by atoms with Crippen LogP contribution >= 0.6 is 21.6 Å². The Balaban J connectivity index is 2.88. The standard InChI is InChI=1S/C16H35NS2/c1-3-5-6-7-8-9-10-11-12-13-17-14-16-19-18-15-4-2/h17H,3-16H2,1-2H3. The third-order valence-corrected chi connectivity index (χ3v) is 5.80. The Morgan fingerprint density at radius 2 is 1.16 bits per heavy atom. The molecule has 0 aliphatic carbocycles. The van der Waals surface area contributed by atoms with E-state index < -0.39 is 0 Å². The average molecular weight is 306 g/mol. The molecule has 0 saturated carbocycles. The van der Waals surface area contributed by atoms with Crippen LogP contribution in [0.25, 0.3) is 0 Å². The molecule has 0 saturated heterocycles. The SMILES string of the molecule is CCCCCCCCCCCNCCSSCCC. The van der Waals surface area contributed by atoms with E-state index in [9.17, 15) is 0 Å². The highest BCUT2D eigenvalue weighted by Gasteiger charge is 1.93. The van der Waals surface area contributed by atoms with Gasteiger partial charge < -0.3 is 5.32 Å². The fourth-order valence-corrected chi connectivity index (χ4v) is 4.09. The van der Waals surface area contributed by atoms with Gasteiger partial charge in [-0.2, -0.15) is 0 Å². The highest BCUT2D eigenvalue weighted by atomic mass is 33.1. The second-order valence-electron chi connectivity index (χ2n) is 5.22. The van der Waals surface area contributed by atoms with Crippen molar-refractivity contribution >= 4 is 21.6 Å². The molecule has 0 fully saturated rings. The van der Waals surface area contributed by atoms with Crippen LogP contribution in [-0.4, -0.2) is 24.6 Å². The summed E-state index contributed by atoms with van der Waals surface area (Å²) in [5, 5.41) is 3.55. The summed E-state index contributed by atoms with van der Waals surface area (Å²) in [4.78, 5) is 0. The minimum Gasteiger partial charge on any atom is -0.316 e. The van der Waals surface area contributed by atoms with Crippen molar-refractivity contribution < 1.29 is 0 Å². The van der Waals surface area contributed by atoms with Gasteiger partial charge in [-0.05, 0) is 19.4 Å². The minimum absolute atomic E-state index is 1.18. The number of nitrogens with one attached hydrogen (secondary N) is 1. The number of hydrogen-bond donors (Lipinski definition) is 1. The predicted octanol–water partition coefficient (Wildman–Crippen LogP) is 5.90. The second-order valence-corrected chi connectivity index (χ2v) is 7.92. The van der Waals surface area contributed by atoms with Crippen molar-refractivity contribution in [3.05, 3.63) is 0 Å². The summed E-state index contributed by atoms with van der Waals surface area (Å²) in [5.74, 6) is 2.55. The monoisotopic (exact) mass is 305 g/mol. The first-order valence-electron chi connectivity index (χ1n) is 8.37. The van der Waals surface area contributed by atoms with E-state index >= 15 is 0 Å². The van der Waals surface area contributed by atoms with E-state index in [1.165, 1.54) is 88.8 Å². The molecule has 0 unspecified atom stereocenters. The first-order chi connectivity index (χ1) is 9.41. The van der Waals surface area contributed by atoms with Crippen molar-refractivity contribution in [1.29, 1.82) is 0 Å². The molecule has 116 valence electrons. The Morgan fingerprint density at radius 3 is 1.79 bits per heavy atom. The van der Waals surface area contributed by atoms with Crippen molar-refractivity contribution in [1.82, 2.24) is 5.32 Å². The van der Waals surface area contributed by atoms with Crippen LogP contribution in [0.5, 0.6) is 0 Å². The molecule has 0 aromatic heterocycles. The zero-order valence-electron chi connectivity index (χ0n) is 13.2. The van der Waals surface area contributed by atoms with Crippen molar-refractivity contribution in [3.8, 4) is 0 Å². The van der Waals surface area contributed by atoms with Crippen molar-refractivity contribution in [2.45, 2.75) is 78.1 Å². The molecule has 0 aliphatic rings.